The second-order valence-corrected chi connectivity index (χ2v) is 23.6. The lowest BCUT2D eigenvalue weighted by molar-refractivity contribution is -0.149. The van der Waals surface area contributed by atoms with Gasteiger partial charge in [0.2, 0.25) is 47.3 Å². The number of pyridine rings is 1. The lowest BCUT2D eigenvalue weighted by Gasteiger charge is -2.36. The SMILES string of the molecule is C[C@@H](O)[C@@H]1NC(=O)[C@H](CCCCN)N(C)C(=O)[C@@H](Cc2c[nH]c3ccccc23)N(C)C(=O)[C@H](Cc2cccnc2)NC(=O)[C@H](NC(=O)[C@@H](N)Cc2ccc(Cl)cc2)CSSC[C@@H](C(=O)N[C@@H](Cc2ccc3ccccc3c2)C(N)=O)NC1=O. The van der Waals surface area contributed by atoms with Gasteiger partial charge in [-0.1, -0.05) is 112 Å². The third-order valence-electron chi connectivity index (χ3n) is 14.5. The van der Waals surface area contributed by atoms with Crippen molar-refractivity contribution in [2.24, 2.45) is 17.2 Å². The van der Waals surface area contributed by atoms with Crippen LogP contribution >= 0.6 is 33.2 Å². The molecule has 0 saturated carbocycles. The second kappa shape index (κ2) is 30.1. The van der Waals surface area contributed by atoms with Gasteiger partial charge in [-0.15, -0.1) is 0 Å². The number of amides is 8. The smallest absolute Gasteiger partial charge is 0.246 e. The van der Waals surface area contributed by atoms with E-state index in [2.05, 4.69) is 36.6 Å². The maximum Gasteiger partial charge on any atom is 0.246 e. The Kier molecular flexibility index (Phi) is 22.9. The van der Waals surface area contributed by atoms with Crippen LogP contribution in [0.4, 0.5) is 0 Å². The summed E-state index contributed by atoms with van der Waals surface area (Å²) in [6, 6.07) is 19.7. The highest BCUT2D eigenvalue weighted by Crippen LogP contribution is 2.26. The average Bonchev–Trinajstić information content (AvgIpc) is 3.91. The number of H-pyrrole nitrogens is 1. The molecular weight excluding hydrogens is 1120 g/mol. The van der Waals surface area contributed by atoms with Crippen molar-refractivity contribution in [2.45, 2.75) is 106 Å². The summed E-state index contributed by atoms with van der Waals surface area (Å²) in [7, 11) is 4.88. The highest BCUT2D eigenvalue weighted by molar-refractivity contribution is 8.76. The summed E-state index contributed by atoms with van der Waals surface area (Å²) >= 11 is 6.12. The van der Waals surface area contributed by atoms with Gasteiger partial charge in [-0.25, -0.2) is 0 Å². The number of unbranched alkanes of at least 4 members (excludes halogenated alkanes) is 1. The van der Waals surface area contributed by atoms with Gasteiger partial charge in [0, 0.05) is 79.4 Å². The van der Waals surface area contributed by atoms with Gasteiger partial charge in [-0.3, -0.25) is 43.3 Å². The van der Waals surface area contributed by atoms with Crippen LogP contribution in [0.15, 0.2) is 122 Å². The molecule has 21 nitrogen and oxygen atoms in total. The number of hydrogen-bond donors (Lipinski definition) is 10. The molecule has 3 heterocycles. The highest BCUT2D eigenvalue weighted by atomic mass is 35.5. The van der Waals surface area contributed by atoms with Gasteiger partial charge >= 0.3 is 0 Å². The number of benzene rings is 4. The Labute approximate surface area is 494 Å². The van der Waals surface area contributed by atoms with Crippen molar-refractivity contribution < 1.29 is 43.5 Å². The molecule has 7 rings (SSSR count). The monoisotopic (exact) mass is 1190 g/mol. The Morgan fingerprint density at radius 3 is 2.18 bits per heavy atom. The molecule has 1 aliphatic rings. The summed E-state index contributed by atoms with van der Waals surface area (Å²) in [5.74, 6) is -6.87. The van der Waals surface area contributed by atoms with Crippen LogP contribution < -0.4 is 43.8 Å². The first-order valence-corrected chi connectivity index (χ1v) is 30.1. The summed E-state index contributed by atoms with van der Waals surface area (Å²) in [6.07, 6.45) is 3.96. The van der Waals surface area contributed by atoms with Gasteiger partial charge in [0.1, 0.15) is 42.3 Å². The highest BCUT2D eigenvalue weighted by Gasteiger charge is 2.40. The first-order valence-electron chi connectivity index (χ1n) is 27.2. The molecule has 1 aliphatic heterocycles. The number of rotatable bonds is 18. The topological polar surface area (TPSA) is 330 Å². The van der Waals surface area contributed by atoms with Gasteiger partial charge in [0.15, 0.2) is 0 Å². The number of carbonyl (C=O) groups excluding carboxylic acids is 8. The number of aromatic amines is 1. The number of para-hydroxylation sites is 1. The minimum atomic E-state index is -1.70. The van der Waals surface area contributed by atoms with E-state index in [1.165, 1.54) is 37.0 Å². The molecule has 2 aromatic heterocycles. The zero-order chi connectivity index (χ0) is 59.7. The number of nitrogens with one attached hydrogen (secondary N) is 6. The van der Waals surface area contributed by atoms with Crippen LogP contribution in [0, 0.1) is 0 Å². The fourth-order valence-corrected chi connectivity index (χ4v) is 12.2. The van der Waals surface area contributed by atoms with Gasteiger partial charge < -0.3 is 63.7 Å². The number of nitrogens with zero attached hydrogens (tertiary/aromatic N) is 3. The van der Waals surface area contributed by atoms with Gasteiger partial charge in [-0.2, -0.15) is 0 Å². The lowest BCUT2D eigenvalue weighted by atomic mass is 9.99. The average molecular weight is 1190 g/mol. The molecule has 4 aromatic carbocycles. The number of carbonyl (C=O) groups is 8. The molecule has 1 fully saturated rings. The van der Waals surface area contributed by atoms with Crippen LogP contribution in [0.1, 0.15) is 48.4 Å². The largest absolute Gasteiger partial charge is 0.391 e. The number of aliphatic hydroxyl groups excluding tert-OH is 1. The summed E-state index contributed by atoms with van der Waals surface area (Å²) in [6.45, 7) is 1.53. The molecule has 1 saturated heterocycles. The fraction of sp³-hybridized carbons (Fsp3) is 0.373. The van der Waals surface area contributed by atoms with Crippen LogP contribution in [0.2, 0.25) is 5.02 Å². The molecule has 0 aliphatic carbocycles. The van der Waals surface area contributed by atoms with Crippen molar-refractivity contribution in [1.82, 2.24) is 46.4 Å². The van der Waals surface area contributed by atoms with Crippen LogP contribution in [-0.4, -0.2) is 159 Å². The number of nitrogens with two attached hydrogens (primary N) is 3. The lowest BCUT2D eigenvalue weighted by Crippen LogP contribution is -2.62. The zero-order valence-corrected chi connectivity index (χ0v) is 48.7. The molecule has 8 amide bonds. The fourth-order valence-electron chi connectivity index (χ4n) is 9.75. The van der Waals surface area contributed by atoms with Crippen molar-refractivity contribution in [3.05, 3.63) is 149 Å². The molecule has 440 valence electrons. The van der Waals surface area contributed by atoms with Crippen molar-refractivity contribution in [2.75, 3.05) is 32.1 Å². The number of halogens is 1. The van der Waals surface area contributed by atoms with E-state index in [1.54, 1.807) is 54.9 Å². The quantitative estimate of drug-likeness (QED) is 0.0437. The molecule has 0 radical (unpaired) electrons. The second-order valence-electron chi connectivity index (χ2n) is 20.6. The Bertz CT molecular complexity index is 3250. The number of hydrogen-bond acceptors (Lipinski definition) is 14. The van der Waals surface area contributed by atoms with Gasteiger partial charge in [0.05, 0.1) is 12.1 Å². The minimum absolute atomic E-state index is 0.0159. The van der Waals surface area contributed by atoms with E-state index < -0.39 is 102 Å². The van der Waals surface area contributed by atoms with E-state index in [9.17, 15) is 33.9 Å². The van der Waals surface area contributed by atoms with Crippen LogP contribution in [-0.2, 0) is 64.0 Å². The molecular formula is C59H71ClN12O9S2. The molecule has 9 atom stereocenters. The Hall–Kier alpha value is -7.54. The van der Waals surface area contributed by atoms with Gasteiger partial charge in [0.25, 0.3) is 0 Å². The standard InChI is InChI=1S/C59H71ClN12O9S2/c1-34(73)51-57(79)69-48(54(76)66-45(52(63)74)27-36-17-20-38-12-4-5-13-39(38)25-36)33-83-82-32-47(68-53(75)43(62)26-35-18-21-41(60)22-19-35)55(77)67-46(28-37-11-10-24-64-30-37)58(80)72(3)50(29-40-31-65-44-15-7-6-14-42(40)44)59(81)71(2)49(56(78)70-51)16-8-9-23-61/h4-7,10-15,17-22,24-25,30-31,34,43,45-51,65,73H,8-9,16,23,26-29,32-33,61-62H2,1-3H3,(H2,63,74)(H,66,76)(H,67,77)(H,68,75)(H,69,79)(H,70,78)/t34-,43+,45+,46+,47-,48+,49+,50-,51+/m1/s1. The molecule has 13 N–H and O–H groups in total. The summed E-state index contributed by atoms with van der Waals surface area (Å²) < 4.78 is 0. The molecule has 83 heavy (non-hydrogen) atoms. The minimum Gasteiger partial charge on any atom is -0.391 e. The number of fused-ring (bicyclic) bond motifs is 2. The van der Waals surface area contributed by atoms with E-state index in [0.717, 1.165) is 43.3 Å². The number of aliphatic hydroxyl groups is 1. The molecule has 0 spiro atoms. The number of aromatic nitrogens is 2. The van der Waals surface area contributed by atoms with Crippen LogP contribution in [0.3, 0.4) is 0 Å². The van der Waals surface area contributed by atoms with E-state index in [-0.39, 0.29) is 50.2 Å². The maximum absolute atomic E-state index is 15.4. The van der Waals surface area contributed by atoms with Gasteiger partial charge in [-0.05, 0) is 96.4 Å². The van der Waals surface area contributed by atoms with E-state index in [1.807, 2.05) is 60.7 Å². The molecule has 6 aromatic rings. The predicted molar refractivity (Wildman–Crippen MR) is 322 cm³/mol. The third kappa shape index (κ3) is 17.3. The molecule has 0 unspecified atom stereocenters. The first-order chi connectivity index (χ1) is 39.8. The summed E-state index contributed by atoms with van der Waals surface area (Å²) in [4.78, 5) is 126. The molecule has 24 heteroatoms. The first kappa shape index (κ1) is 63.0. The normalized spacial score (nSPS) is 21.1. The zero-order valence-electron chi connectivity index (χ0n) is 46.3. The third-order valence-corrected chi connectivity index (χ3v) is 17.2. The van der Waals surface area contributed by atoms with E-state index in [0.29, 0.717) is 40.1 Å². The van der Waals surface area contributed by atoms with Crippen LogP contribution in [0.25, 0.3) is 21.7 Å². The van der Waals surface area contributed by atoms with Crippen molar-refractivity contribution in [3.8, 4) is 0 Å². The Balaban J connectivity index is 1.28. The summed E-state index contributed by atoms with van der Waals surface area (Å²) in [5, 5.41) is 27.9. The number of likely N-dealkylation sites (N-methyl/N-ethyl adjacent to an activating group) is 2. The summed E-state index contributed by atoms with van der Waals surface area (Å²) in [5.41, 5.74) is 21.6. The van der Waals surface area contributed by atoms with E-state index >= 15 is 9.59 Å². The van der Waals surface area contributed by atoms with Crippen LogP contribution in [0.5, 0.6) is 0 Å². The molecule has 0 bridgehead atoms. The maximum atomic E-state index is 15.4. The van der Waals surface area contributed by atoms with Crippen molar-refractivity contribution in [1.29, 1.82) is 0 Å². The van der Waals surface area contributed by atoms with Crippen molar-refractivity contribution >= 4 is 102 Å². The number of primary amides is 1. The van der Waals surface area contributed by atoms with E-state index in [4.69, 9.17) is 28.8 Å². The Morgan fingerprint density at radius 2 is 1.47 bits per heavy atom. The predicted octanol–water partition coefficient (Wildman–Crippen LogP) is 2.44. The Morgan fingerprint density at radius 1 is 0.771 bits per heavy atom. The van der Waals surface area contributed by atoms with Crippen molar-refractivity contribution in [3.63, 3.8) is 0 Å².